The van der Waals surface area contributed by atoms with Crippen LogP contribution in [0, 0.1) is 0 Å². The summed E-state index contributed by atoms with van der Waals surface area (Å²) in [4.78, 5) is 20.0. The number of ether oxygens (including phenoxy) is 3. The van der Waals surface area contributed by atoms with Crippen molar-refractivity contribution < 1.29 is 31.9 Å². The summed E-state index contributed by atoms with van der Waals surface area (Å²) in [5, 5.41) is 3.78. The normalized spacial score (nSPS) is 13.4. The summed E-state index contributed by atoms with van der Waals surface area (Å²) in [5.74, 6) is 0.371. The summed E-state index contributed by atoms with van der Waals surface area (Å²) in [6, 6.07) is 7.72. The molecule has 0 saturated heterocycles. The Balaban J connectivity index is 1.31. The minimum atomic E-state index is -3.96. The molecule has 4 rings (SSSR count). The van der Waals surface area contributed by atoms with Crippen molar-refractivity contribution in [3.63, 3.8) is 0 Å². The van der Waals surface area contributed by atoms with E-state index in [1.54, 1.807) is 24.5 Å². The van der Waals surface area contributed by atoms with Gasteiger partial charge in [-0.3, -0.25) is 9.78 Å². The molecule has 3 aromatic rings. The highest BCUT2D eigenvalue weighted by molar-refractivity contribution is 7.89. The van der Waals surface area contributed by atoms with Gasteiger partial charge in [0.05, 0.1) is 18.1 Å². The smallest absolute Gasteiger partial charge is 0.321 e. The predicted octanol–water partition coefficient (Wildman–Crippen LogP) is 1.31. The first kappa shape index (κ1) is 20.8. The molecule has 1 aliphatic heterocycles. The quantitative estimate of drug-likeness (QED) is 0.528. The third-order valence-corrected chi connectivity index (χ3v) is 5.58. The van der Waals surface area contributed by atoms with Crippen molar-refractivity contribution in [2.45, 2.75) is 17.9 Å². The molecule has 3 heterocycles. The number of benzene rings is 1. The van der Waals surface area contributed by atoms with E-state index in [9.17, 15) is 13.2 Å². The molecule has 12 heteroatoms. The van der Waals surface area contributed by atoms with E-state index in [-0.39, 0.29) is 17.4 Å². The first-order valence-corrected chi connectivity index (χ1v) is 10.8. The van der Waals surface area contributed by atoms with Crippen molar-refractivity contribution in [2.24, 2.45) is 0 Å². The van der Waals surface area contributed by atoms with Gasteiger partial charge in [0.25, 0.3) is 5.89 Å². The zero-order chi connectivity index (χ0) is 21.7. The zero-order valence-electron chi connectivity index (χ0n) is 16.2. The number of fused-ring (bicyclic) bond motifs is 1. The van der Waals surface area contributed by atoms with E-state index in [1.807, 2.05) is 0 Å². The van der Waals surface area contributed by atoms with Gasteiger partial charge in [0.2, 0.25) is 15.8 Å². The number of rotatable bonds is 7. The zero-order valence-corrected chi connectivity index (χ0v) is 17.0. The van der Waals surface area contributed by atoms with Gasteiger partial charge in [0.15, 0.2) is 18.1 Å². The Morgan fingerprint density at radius 2 is 2.00 bits per heavy atom. The van der Waals surface area contributed by atoms with Gasteiger partial charge in [0.1, 0.15) is 6.54 Å². The van der Waals surface area contributed by atoms with Gasteiger partial charge in [-0.05, 0) is 24.3 Å². The van der Waals surface area contributed by atoms with Gasteiger partial charge in [-0.15, -0.1) is 0 Å². The molecule has 1 aliphatic rings. The fraction of sp³-hybridized carbons (Fsp3) is 0.263. The SMILES string of the molecule is O=C(CNS(=O)(=O)c1ccc2c(c1)OCCCO2)OCc1nc(-c2cccnc2)no1. The second-order valence-electron chi connectivity index (χ2n) is 6.40. The van der Waals surface area contributed by atoms with Crippen LogP contribution in [-0.4, -0.2) is 49.3 Å². The van der Waals surface area contributed by atoms with Crippen LogP contribution in [0.15, 0.2) is 52.1 Å². The fourth-order valence-corrected chi connectivity index (χ4v) is 3.65. The Kier molecular flexibility index (Phi) is 6.09. The number of hydrogen-bond donors (Lipinski definition) is 1. The lowest BCUT2D eigenvalue weighted by Crippen LogP contribution is -2.30. The van der Waals surface area contributed by atoms with Crippen LogP contribution in [-0.2, 0) is 26.2 Å². The van der Waals surface area contributed by atoms with Gasteiger partial charge < -0.3 is 18.7 Å². The summed E-state index contributed by atoms with van der Waals surface area (Å²) in [5.41, 5.74) is 0.645. The molecule has 1 N–H and O–H groups in total. The molecule has 31 heavy (non-hydrogen) atoms. The van der Waals surface area contributed by atoms with Crippen molar-refractivity contribution in [1.82, 2.24) is 19.8 Å². The lowest BCUT2D eigenvalue weighted by atomic mass is 10.3. The molecule has 0 atom stereocenters. The highest BCUT2D eigenvalue weighted by Crippen LogP contribution is 2.31. The number of carbonyl (C=O) groups is 1. The van der Waals surface area contributed by atoms with E-state index < -0.39 is 22.5 Å². The van der Waals surface area contributed by atoms with E-state index in [4.69, 9.17) is 18.7 Å². The molecular weight excluding hydrogens is 428 g/mol. The Morgan fingerprint density at radius 3 is 2.81 bits per heavy atom. The summed E-state index contributed by atoms with van der Waals surface area (Å²) >= 11 is 0. The van der Waals surface area contributed by atoms with Crippen LogP contribution < -0.4 is 14.2 Å². The third kappa shape index (κ3) is 5.16. The first-order valence-electron chi connectivity index (χ1n) is 9.29. The second kappa shape index (κ2) is 9.10. The first-order chi connectivity index (χ1) is 15.0. The number of carbonyl (C=O) groups excluding carboxylic acids is 1. The second-order valence-corrected chi connectivity index (χ2v) is 8.16. The van der Waals surface area contributed by atoms with Crippen LogP contribution in [0.1, 0.15) is 12.3 Å². The topological polar surface area (TPSA) is 143 Å². The molecule has 1 aromatic carbocycles. The number of esters is 1. The maximum absolute atomic E-state index is 12.5. The van der Waals surface area contributed by atoms with Crippen LogP contribution in [0.5, 0.6) is 11.5 Å². The van der Waals surface area contributed by atoms with Crippen LogP contribution in [0.2, 0.25) is 0 Å². The maximum Gasteiger partial charge on any atom is 0.321 e. The maximum atomic E-state index is 12.5. The lowest BCUT2D eigenvalue weighted by Gasteiger charge is -2.10. The lowest BCUT2D eigenvalue weighted by molar-refractivity contribution is -0.144. The standard InChI is InChI=1S/C19H18N4O7S/c24-18(29-12-17-22-19(23-30-17)13-3-1-6-20-10-13)11-21-31(25,26)14-4-5-15-16(9-14)28-8-2-7-27-15/h1,3-6,9-10,21H,2,7-8,11-12H2. The number of hydrogen-bond acceptors (Lipinski definition) is 10. The van der Waals surface area contributed by atoms with Gasteiger partial charge >= 0.3 is 5.97 Å². The summed E-state index contributed by atoms with van der Waals surface area (Å²) in [6.07, 6.45) is 3.87. The van der Waals surface area contributed by atoms with E-state index in [1.165, 1.54) is 18.2 Å². The molecule has 0 unspecified atom stereocenters. The fourth-order valence-electron chi connectivity index (χ4n) is 2.67. The van der Waals surface area contributed by atoms with E-state index in [2.05, 4.69) is 19.8 Å². The Hall–Kier alpha value is -3.51. The van der Waals surface area contributed by atoms with Gasteiger partial charge in [-0.2, -0.15) is 9.71 Å². The van der Waals surface area contributed by atoms with E-state index >= 15 is 0 Å². The number of nitrogens with zero attached hydrogens (tertiary/aromatic N) is 3. The molecule has 11 nitrogen and oxygen atoms in total. The third-order valence-electron chi connectivity index (χ3n) is 4.18. The van der Waals surface area contributed by atoms with Crippen molar-refractivity contribution in [2.75, 3.05) is 19.8 Å². The van der Waals surface area contributed by atoms with Crippen molar-refractivity contribution in [3.05, 3.63) is 48.6 Å². The average Bonchev–Trinajstić information content (AvgIpc) is 3.14. The van der Waals surface area contributed by atoms with Crippen molar-refractivity contribution in [3.8, 4) is 22.9 Å². The van der Waals surface area contributed by atoms with Gasteiger partial charge in [-0.1, -0.05) is 5.16 Å². The van der Waals surface area contributed by atoms with Crippen LogP contribution in [0.4, 0.5) is 0 Å². The van der Waals surface area contributed by atoms with Crippen LogP contribution >= 0.6 is 0 Å². The predicted molar refractivity (Wildman–Crippen MR) is 105 cm³/mol. The Labute approximate surface area is 177 Å². The summed E-state index contributed by atoms with van der Waals surface area (Å²) in [7, 11) is -3.96. The van der Waals surface area contributed by atoms with Gasteiger partial charge in [0, 0.05) is 30.4 Å². The summed E-state index contributed by atoms with van der Waals surface area (Å²) < 4.78 is 48.1. The minimum absolute atomic E-state index is 0.0532. The molecule has 0 amide bonds. The average molecular weight is 446 g/mol. The molecule has 0 saturated carbocycles. The number of sulfonamides is 1. The monoisotopic (exact) mass is 446 g/mol. The molecule has 0 spiro atoms. The van der Waals surface area contributed by atoms with E-state index in [0.29, 0.717) is 42.5 Å². The summed E-state index contributed by atoms with van der Waals surface area (Å²) in [6.45, 7) is 0.0552. The molecule has 0 fully saturated rings. The molecule has 162 valence electrons. The number of pyridine rings is 1. The van der Waals surface area contributed by atoms with E-state index in [0.717, 1.165) is 0 Å². The molecule has 2 aromatic heterocycles. The Morgan fingerprint density at radius 1 is 1.16 bits per heavy atom. The molecule has 0 aliphatic carbocycles. The number of nitrogens with one attached hydrogen (secondary N) is 1. The largest absolute Gasteiger partial charge is 0.490 e. The Bertz CT molecular complexity index is 1170. The van der Waals surface area contributed by atoms with Crippen LogP contribution in [0.25, 0.3) is 11.4 Å². The highest BCUT2D eigenvalue weighted by atomic mass is 32.2. The molecule has 0 radical (unpaired) electrons. The van der Waals surface area contributed by atoms with Crippen LogP contribution in [0.3, 0.4) is 0 Å². The molecular formula is C19H18N4O7S. The van der Waals surface area contributed by atoms with Gasteiger partial charge in [-0.25, -0.2) is 8.42 Å². The van der Waals surface area contributed by atoms with Crippen molar-refractivity contribution in [1.29, 1.82) is 0 Å². The highest BCUT2D eigenvalue weighted by Gasteiger charge is 2.20. The van der Waals surface area contributed by atoms with Crippen molar-refractivity contribution >= 4 is 16.0 Å². The molecule has 0 bridgehead atoms. The number of aromatic nitrogens is 3. The minimum Gasteiger partial charge on any atom is -0.490 e.